The average molecular weight is 381 g/mol. The minimum Gasteiger partial charge on any atom is -0.366 e. The highest BCUT2D eigenvalue weighted by Gasteiger charge is 2.08. The topological polar surface area (TPSA) is 62.7 Å². The number of aryl methyl sites for hydroxylation is 1. The number of nitrogens with zero attached hydrogens (tertiary/aromatic N) is 3. The number of pyridine rings is 1. The highest BCUT2D eigenvalue weighted by atomic mass is 15.1. The predicted molar refractivity (Wildman–Crippen MR) is 118 cm³/mol. The van der Waals surface area contributed by atoms with Gasteiger partial charge in [0.15, 0.2) is 0 Å². The van der Waals surface area contributed by atoms with Crippen LogP contribution in [-0.4, -0.2) is 15.0 Å². The Balaban J connectivity index is 1.62. The van der Waals surface area contributed by atoms with Gasteiger partial charge in [0.1, 0.15) is 5.82 Å². The van der Waals surface area contributed by atoms with Crippen molar-refractivity contribution >= 4 is 17.5 Å². The van der Waals surface area contributed by atoms with Crippen molar-refractivity contribution in [3.05, 3.63) is 96.3 Å². The molecule has 5 heteroatoms. The van der Waals surface area contributed by atoms with Gasteiger partial charge >= 0.3 is 0 Å². The maximum atomic E-state index is 4.72. The lowest BCUT2D eigenvalue weighted by Gasteiger charge is -2.12. The zero-order chi connectivity index (χ0) is 19.9. The SMILES string of the molecule is CCc1ccc(Nc2nc(NCc3ccncc3)cc(-c3ccccc3)n2)cc1. The summed E-state index contributed by atoms with van der Waals surface area (Å²) in [5.41, 5.74) is 5.32. The molecular weight excluding hydrogens is 358 g/mol. The summed E-state index contributed by atoms with van der Waals surface area (Å²) in [4.78, 5) is 13.5. The first-order valence-electron chi connectivity index (χ1n) is 9.73. The standard InChI is InChI=1S/C24H23N5/c1-2-18-8-10-21(11-9-18)27-24-28-22(20-6-4-3-5-7-20)16-23(29-24)26-17-19-12-14-25-15-13-19/h3-16H,2,17H2,1H3,(H2,26,27,28,29). The van der Waals surface area contributed by atoms with Crippen molar-refractivity contribution in [2.24, 2.45) is 0 Å². The van der Waals surface area contributed by atoms with Crippen molar-refractivity contribution in [3.63, 3.8) is 0 Å². The number of rotatable bonds is 7. The molecule has 29 heavy (non-hydrogen) atoms. The van der Waals surface area contributed by atoms with E-state index in [9.17, 15) is 0 Å². The number of hydrogen-bond donors (Lipinski definition) is 2. The van der Waals surface area contributed by atoms with E-state index in [1.807, 2.05) is 36.4 Å². The fourth-order valence-corrected chi connectivity index (χ4v) is 3.00. The Kier molecular flexibility index (Phi) is 5.76. The predicted octanol–water partition coefficient (Wildman–Crippen LogP) is 5.46. The summed E-state index contributed by atoms with van der Waals surface area (Å²) in [5.74, 6) is 1.33. The molecule has 0 bridgehead atoms. The van der Waals surface area contributed by atoms with Gasteiger partial charge in [0.05, 0.1) is 5.69 Å². The van der Waals surface area contributed by atoms with Gasteiger partial charge in [-0.1, -0.05) is 49.4 Å². The van der Waals surface area contributed by atoms with Crippen LogP contribution >= 0.6 is 0 Å². The van der Waals surface area contributed by atoms with E-state index in [2.05, 4.69) is 63.9 Å². The number of aromatic nitrogens is 3. The quantitative estimate of drug-likeness (QED) is 0.445. The molecule has 0 amide bonds. The van der Waals surface area contributed by atoms with Crippen molar-refractivity contribution in [1.29, 1.82) is 0 Å². The molecule has 0 aliphatic carbocycles. The van der Waals surface area contributed by atoms with Gasteiger partial charge in [0, 0.05) is 36.3 Å². The van der Waals surface area contributed by atoms with Crippen LogP contribution in [0.3, 0.4) is 0 Å². The summed E-state index contributed by atoms with van der Waals surface area (Å²) >= 11 is 0. The molecule has 0 saturated carbocycles. The summed E-state index contributed by atoms with van der Waals surface area (Å²) < 4.78 is 0. The third-order valence-corrected chi connectivity index (χ3v) is 4.64. The van der Waals surface area contributed by atoms with Crippen LogP contribution in [0.1, 0.15) is 18.1 Å². The van der Waals surface area contributed by atoms with Crippen molar-refractivity contribution in [1.82, 2.24) is 15.0 Å². The lowest BCUT2D eigenvalue weighted by molar-refractivity contribution is 1.08. The molecule has 0 radical (unpaired) electrons. The Morgan fingerprint density at radius 3 is 2.28 bits per heavy atom. The molecule has 2 heterocycles. The van der Waals surface area contributed by atoms with Crippen molar-refractivity contribution in [2.45, 2.75) is 19.9 Å². The van der Waals surface area contributed by atoms with E-state index in [0.717, 1.165) is 34.7 Å². The van der Waals surface area contributed by atoms with Crippen LogP contribution in [0.2, 0.25) is 0 Å². The number of benzene rings is 2. The molecular formula is C24H23N5. The Bertz CT molecular complexity index is 1050. The second-order valence-electron chi connectivity index (χ2n) is 6.71. The fraction of sp³-hybridized carbons (Fsp3) is 0.125. The van der Waals surface area contributed by atoms with Gasteiger partial charge in [-0.3, -0.25) is 4.98 Å². The molecule has 0 atom stereocenters. The van der Waals surface area contributed by atoms with Crippen molar-refractivity contribution in [2.75, 3.05) is 10.6 Å². The van der Waals surface area contributed by atoms with Gasteiger partial charge in [0.2, 0.25) is 5.95 Å². The first-order chi connectivity index (χ1) is 14.3. The Labute approximate surface area is 170 Å². The van der Waals surface area contributed by atoms with Gasteiger partial charge in [-0.25, -0.2) is 4.98 Å². The fourth-order valence-electron chi connectivity index (χ4n) is 3.00. The minimum atomic E-state index is 0.563. The summed E-state index contributed by atoms with van der Waals surface area (Å²) in [6, 6.07) is 24.4. The van der Waals surface area contributed by atoms with E-state index >= 15 is 0 Å². The molecule has 0 fully saturated rings. The second-order valence-corrected chi connectivity index (χ2v) is 6.71. The molecule has 0 aliphatic heterocycles. The maximum Gasteiger partial charge on any atom is 0.229 e. The number of hydrogen-bond acceptors (Lipinski definition) is 5. The van der Waals surface area contributed by atoms with Crippen LogP contribution in [-0.2, 0) is 13.0 Å². The molecule has 2 aromatic carbocycles. The van der Waals surface area contributed by atoms with Gasteiger partial charge in [-0.15, -0.1) is 0 Å². The van der Waals surface area contributed by atoms with E-state index in [4.69, 9.17) is 4.98 Å². The Morgan fingerprint density at radius 1 is 0.793 bits per heavy atom. The Morgan fingerprint density at radius 2 is 1.55 bits per heavy atom. The number of anilines is 3. The smallest absolute Gasteiger partial charge is 0.229 e. The van der Waals surface area contributed by atoms with Crippen molar-refractivity contribution in [3.8, 4) is 11.3 Å². The molecule has 0 aliphatic rings. The van der Waals surface area contributed by atoms with Crippen LogP contribution in [0.4, 0.5) is 17.5 Å². The number of nitrogens with one attached hydrogen (secondary N) is 2. The van der Waals surface area contributed by atoms with Crippen LogP contribution < -0.4 is 10.6 Å². The van der Waals surface area contributed by atoms with Crippen molar-refractivity contribution < 1.29 is 0 Å². The lowest BCUT2D eigenvalue weighted by Crippen LogP contribution is -2.05. The average Bonchev–Trinajstić information content (AvgIpc) is 2.79. The third kappa shape index (κ3) is 4.96. The highest BCUT2D eigenvalue weighted by Crippen LogP contribution is 2.23. The van der Waals surface area contributed by atoms with Gasteiger partial charge in [-0.05, 0) is 41.8 Å². The summed E-state index contributed by atoms with van der Waals surface area (Å²) in [5, 5.41) is 6.73. The van der Waals surface area contributed by atoms with Gasteiger partial charge < -0.3 is 10.6 Å². The summed E-state index contributed by atoms with van der Waals surface area (Å²) in [6.45, 7) is 2.81. The molecule has 0 saturated heterocycles. The molecule has 2 aromatic heterocycles. The highest BCUT2D eigenvalue weighted by molar-refractivity contribution is 5.66. The van der Waals surface area contributed by atoms with Crippen LogP contribution in [0.5, 0.6) is 0 Å². The van der Waals surface area contributed by atoms with Crippen LogP contribution in [0.25, 0.3) is 11.3 Å². The largest absolute Gasteiger partial charge is 0.366 e. The minimum absolute atomic E-state index is 0.563. The molecule has 0 unspecified atom stereocenters. The second kappa shape index (κ2) is 8.97. The molecule has 2 N–H and O–H groups in total. The third-order valence-electron chi connectivity index (χ3n) is 4.64. The van der Waals surface area contributed by atoms with Gasteiger partial charge in [0.25, 0.3) is 0 Å². The van der Waals surface area contributed by atoms with Crippen LogP contribution in [0, 0.1) is 0 Å². The van der Waals surface area contributed by atoms with E-state index in [0.29, 0.717) is 12.5 Å². The lowest BCUT2D eigenvalue weighted by atomic mass is 10.1. The molecule has 0 spiro atoms. The molecule has 4 rings (SSSR count). The molecule has 144 valence electrons. The zero-order valence-corrected chi connectivity index (χ0v) is 16.3. The molecule has 4 aromatic rings. The van der Waals surface area contributed by atoms with E-state index in [1.165, 1.54) is 5.56 Å². The normalized spacial score (nSPS) is 10.5. The molecule has 5 nitrogen and oxygen atoms in total. The van der Waals surface area contributed by atoms with Gasteiger partial charge in [-0.2, -0.15) is 4.98 Å². The summed E-state index contributed by atoms with van der Waals surface area (Å²) in [6.07, 6.45) is 4.60. The summed E-state index contributed by atoms with van der Waals surface area (Å²) in [7, 11) is 0. The monoisotopic (exact) mass is 381 g/mol. The maximum absolute atomic E-state index is 4.72. The Hall–Kier alpha value is -3.73. The van der Waals surface area contributed by atoms with E-state index < -0.39 is 0 Å². The van der Waals surface area contributed by atoms with Crippen LogP contribution in [0.15, 0.2) is 85.2 Å². The zero-order valence-electron chi connectivity index (χ0n) is 16.3. The van der Waals surface area contributed by atoms with E-state index in [-0.39, 0.29) is 0 Å². The first kappa shape index (κ1) is 18.6. The first-order valence-corrected chi connectivity index (χ1v) is 9.73. The van der Waals surface area contributed by atoms with E-state index in [1.54, 1.807) is 12.4 Å².